The monoisotopic (exact) mass is 518 g/mol. The zero-order valence-corrected chi connectivity index (χ0v) is 18.6. The maximum absolute atomic E-state index is 13.0. The molecule has 0 aliphatic carbocycles. The molecule has 2 aromatic carbocycles. The van der Waals surface area contributed by atoms with E-state index in [2.05, 4.69) is 34.5 Å². The first-order chi connectivity index (χ1) is 14.3. The number of amides is 4. The number of aryl methyl sites for hydroxylation is 1. The molecular weight excluding hydrogens is 499 g/mol. The minimum absolute atomic E-state index is 0.159. The molecule has 1 fully saturated rings. The number of carbonyl (C=O) groups excluding carboxylic acids is 3. The summed E-state index contributed by atoms with van der Waals surface area (Å²) in [6, 6.07) is 9.49. The van der Waals surface area contributed by atoms with Crippen molar-refractivity contribution in [2.45, 2.75) is 6.92 Å². The van der Waals surface area contributed by atoms with E-state index in [1.807, 2.05) is 6.92 Å². The average molecular weight is 518 g/mol. The summed E-state index contributed by atoms with van der Waals surface area (Å²) < 4.78 is 11.7. The summed E-state index contributed by atoms with van der Waals surface area (Å²) in [6.07, 6.45) is 3.04. The van der Waals surface area contributed by atoms with Crippen molar-refractivity contribution in [1.82, 2.24) is 5.32 Å². The van der Waals surface area contributed by atoms with Gasteiger partial charge in [-0.3, -0.25) is 14.9 Å². The summed E-state index contributed by atoms with van der Waals surface area (Å²) in [5.41, 5.74) is 1.75. The number of urea groups is 1. The molecule has 2 aromatic rings. The van der Waals surface area contributed by atoms with Crippen LogP contribution in [0.1, 0.15) is 11.1 Å². The van der Waals surface area contributed by atoms with E-state index < -0.39 is 17.8 Å². The van der Waals surface area contributed by atoms with Gasteiger partial charge in [-0.1, -0.05) is 30.4 Å². The van der Waals surface area contributed by atoms with Crippen LogP contribution in [0.5, 0.6) is 11.5 Å². The van der Waals surface area contributed by atoms with Crippen LogP contribution < -0.4 is 19.7 Å². The first kappa shape index (κ1) is 21.6. The lowest BCUT2D eigenvalue weighted by Gasteiger charge is -2.26. The zero-order chi connectivity index (χ0) is 21.8. The van der Waals surface area contributed by atoms with Gasteiger partial charge >= 0.3 is 6.03 Å². The molecule has 0 saturated carbocycles. The summed E-state index contributed by atoms with van der Waals surface area (Å²) in [4.78, 5) is 38.6. The van der Waals surface area contributed by atoms with E-state index >= 15 is 0 Å². The molecule has 1 saturated heterocycles. The standard InChI is InChI=1S/C22H19IN2O5/c1-4-9-30-19-17(23)11-14(12-18(19)29-3)10-16-20(26)24-22(28)25(21(16)27)15-7-5-13(2)6-8-15/h4-8,10-12H,1,9H2,2-3H3,(H,24,26,28)/b16-10+. The Bertz CT molecular complexity index is 1060. The van der Waals surface area contributed by atoms with Gasteiger partial charge < -0.3 is 9.47 Å². The fourth-order valence-corrected chi connectivity index (χ4v) is 3.64. The number of carbonyl (C=O) groups is 3. The first-order valence-electron chi connectivity index (χ1n) is 8.95. The van der Waals surface area contributed by atoms with Crippen LogP contribution in [0.2, 0.25) is 0 Å². The van der Waals surface area contributed by atoms with Gasteiger partial charge in [-0.15, -0.1) is 0 Å². The number of hydrogen-bond acceptors (Lipinski definition) is 5. The lowest BCUT2D eigenvalue weighted by Crippen LogP contribution is -2.54. The molecule has 4 amide bonds. The van der Waals surface area contributed by atoms with Crippen molar-refractivity contribution in [2.24, 2.45) is 0 Å². The van der Waals surface area contributed by atoms with Crippen molar-refractivity contribution in [3.8, 4) is 11.5 Å². The topological polar surface area (TPSA) is 84.9 Å². The second kappa shape index (κ2) is 9.12. The van der Waals surface area contributed by atoms with Crippen molar-refractivity contribution >= 4 is 52.2 Å². The number of barbiturate groups is 1. The predicted octanol–water partition coefficient (Wildman–Crippen LogP) is 3.84. The molecule has 0 bridgehead atoms. The van der Waals surface area contributed by atoms with Crippen LogP contribution in [-0.4, -0.2) is 31.6 Å². The number of rotatable bonds is 6. The SMILES string of the molecule is C=CCOc1c(I)cc(/C=C2\C(=O)NC(=O)N(c3ccc(C)cc3)C2=O)cc1OC. The largest absolute Gasteiger partial charge is 0.493 e. The van der Waals surface area contributed by atoms with E-state index in [4.69, 9.17) is 9.47 Å². The second-order valence-electron chi connectivity index (χ2n) is 6.43. The van der Waals surface area contributed by atoms with Crippen LogP contribution in [0.15, 0.2) is 54.6 Å². The van der Waals surface area contributed by atoms with E-state index in [1.54, 1.807) is 42.5 Å². The number of methoxy groups -OCH3 is 1. The Kier molecular flexibility index (Phi) is 6.56. The number of nitrogens with zero attached hydrogens (tertiary/aromatic N) is 1. The summed E-state index contributed by atoms with van der Waals surface area (Å²) in [7, 11) is 1.50. The number of imide groups is 2. The van der Waals surface area contributed by atoms with Crippen molar-refractivity contribution in [3.63, 3.8) is 0 Å². The number of benzene rings is 2. The number of hydrogen-bond donors (Lipinski definition) is 1. The Labute approximate surface area is 187 Å². The van der Waals surface area contributed by atoms with E-state index in [0.717, 1.165) is 14.0 Å². The molecule has 8 heteroatoms. The Balaban J connectivity index is 2.01. The van der Waals surface area contributed by atoms with Crippen LogP contribution in [0.4, 0.5) is 10.5 Å². The minimum Gasteiger partial charge on any atom is -0.493 e. The van der Waals surface area contributed by atoms with Crippen LogP contribution >= 0.6 is 22.6 Å². The normalized spacial score (nSPS) is 15.2. The van der Waals surface area contributed by atoms with Gasteiger partial charge in [0.2, 0.25) is 0 Å². The van der Waals surface area contributed by atoms with Gasteiger partial charge in [-0.25, -0.2) is 9.69 Å². The quantitative estimate of drug-likeness (QED) is 0.272. The molecule has 7 nitrogen and oxygen atoms in total. The van der Waals surface area contributed by atoms with Crippen molar-refractivity contribution in [2.75, 3.05) is 18.6 Å². The van der Waals surface area contributed by atoms with Crippen molar-refractivity contribution in [3.05, 3.63) is 69.3 Å². The van der Waals surface area contributed by atoms with E-state index in [9.17, 15) is 14.4 Å². The predicted molar refractivity (Wildman–Crippen MR) is 122 cm³/mol. The van der Waals surface area contributed by atoms with Crippen molar-refractivity contribution < 1.29 is 23.9 Å². The summed E-state index contributed by atoms with van der Waals surface area (Å²) >= 11 is 2.08. The molecule has 30 heavy (non-hydrogen) atoms. The molecule has 3 rings (SSSR count). The molecule has 0 atom stereocenters. The van der Waals surface area contributed by atoms with E-state index in [0.29, 0.717) is 29.4 Å². The third-order valence-corrected chi connectivity index (χ3v) is 5.10. The van der Waals surface area contributed by atoms with Gasteiger partial charge in [0.25, 0.3) is 11.8 Å². The van der Waals surface area contributed by atoms with Crippen molar-refractivity contribution in [1.29, 1.82) is 0 Å². The van der Waals surface area contributed by atoms with Crippen LogP contribution in [0.25, 0.3) is 6.08 Å². The smallest absolute Gasteiger partial charge is 0.335 e. The van der Waals surface area contributed by atoms with Gasteiger partial charge in [0.1, 0.15) is 12.2 Å². The van der Waals surface area contributed by atoms with Gasteiger partial charge in [-0.2, -0.15) is 0 Å². The average Bonchev–Trinajstić information content (AvgIpc) is 2.71. The van der Waals surface area contributed by atoms with Gasteiger partial charge in [0.15, 0.2) is 11.5 Å². The summed E-state index contributed by atoms with van der Waals surface area (Å²) in [6.45, 7) is 5.83. The molecule has 1 aliphatic heterocycles. The fourth-order valence-electron chi connectivity index (χ4n) is 2.86. The highest BCUT2D eigenvalue weighted by Gasteiger charge is 2.36. The molecule has 154 valence electrons. The van der Waals surface area contributed by atoms with Gasteiger partial charge in [0.05, 0.1) is 16.4 Å². The number of ether oxygens (including phenoxy) is 2. The van der Waals surface area contributed by atoms with Gasteiger partial charge in [0, 0.05) is 0 Å². The number of nitrogens with one attached hydrogen (secondary N) is 1. The van der Waals surface area contributed by atoms with Gasteiger partial charge in [-0.05, 0) is 65.4 Å². The first-order valence-corrected chi connectivity index (χ1v) is 10.0. The van der Waals surface area contributed by atoms with E-state index in [1.165, 1.54) is 13.2 Å². The maximum atomic E-state index is 13.0. The summed E-state index contributed by atoms with van der Waals surface area (Å²) in [5, 5.41) is 2.22. The fraction of sp³-hybridized carbons (Fsp3) is 0.136. The van der Waals surface area contributed by atoms with Crippen LogP contribution in [0, 0.1) is 10.5 Å². The molecule has 1 aliphatic rings. The lowest BCUT2D eigenvalue weighted by molar-refractivity contribution is -0.122. The minimum atomic E-state index is -0.786. The number of halogens is 1. The Morgan fingerprint density at radius 2 is 1.87 bits per heavy atom. The molecule has 0 radical (unpaired) electrons. The second-order valence-corrected chi connectivity index (χ2v) is 7.59. The summed E-state index contributed by atoms with van der Waals surface area (Å²) in [5.74, 6) is -0.468. The van der Waals surface area contributed by atoms with Crippen LogP contribution in [0.3, 0.4) is 0 Å². The highest BCUT2D eigenvalue weighted by molar-refractivity contribution is 14.1. The Morgan fingerprint density at radius 1 is 1.17 bits per heavy atom. The highest BCUT2D eigenvalue weighted by Crippen LogP contribution is 2.35. The van der Waals surface area contributed by atoms with Crippen LogP contribution in [-0.2, 0) is 9.59 Å². The highest BCUT2D eigenvalue weighted by atomic mass is 127. The Hall–Kier alpha value is -3.14. The molecule has 0 spiro atoms. The lowest BCUT2D eigenvalue weighted by atomic mass is 10.1. The molecule has 1 heterocycles. The Morgan fingerprint density at radius 3 is 2.50 bits per heavy atom. The van der Waals surface area contributed by atoms with E-state index in [-0.39, 0.29) is 5.57 Å². The zero-order valence-electron chi connectivity index (χ0n) is 16.4. The molecule has 0 aromatic heterocycles. The molecular formula is C22H19IN2O5. The number of anilines is 1. The molecule has 0 unspecified atom stereocenters. The maximum Gasteiger partial charge on any atom is 0.335 e. The molecule has 1 N–H and O–H groups in total. The third-order valence-electron chi connectivity index (χ3n) is 4.30. The third kappa shape index (κ3) is 4.38.